The summed E-state index contributed by atoms with van der Waals surface area (Å²) in [6.07, 6.45) is -0.861. The predicted octanol–water partition coefficient (Wildman–Crippen LogP) is 4.84. The molecule has 0 aromatic carbocycles. The van der Waals surface area contributed by atoms with Crippen molar-refractivity contribution in [2.24, 2.45) is 11.8 Å². The van der Waals surface area contributed by atoms with E-state index in [1.807, 2.05) is 13.8 Å². The minimum atomic E-state index is -2.02. The van der Waals surface area contributed by atoms with Gasteiger partial charge in [0.05, 0.1) is 32.0 Å². The van der Waals surface area contributed by atoms with Crippen LogP contribution in [0, 0.1) is 23.7 Å². The van der Waals surface area contributed by atoms with Gasteiger partial charge in [0.25, 0.3) is 0 Å². The molecule has 0 aromatic heterocycles. The van der Waals surface area contributed by atoms with E-state index >= 15 is 0 Å². The lowest BCUT2D eigenvalue weighted by molar-refractivity contribution is -0.137. The van der Waals surface area contributed by atoms with E-state index in [-0.39, 0.29) is 24.7 Å². The summed E-state index contributed by atoms with van der Waals surface area (Å²) in [7, 11) is -0.382. The highest BCUT2D eigenvalue weighted by atomic mass is 28.4. The summed E-state index contributed by atoms with van der Waals surface area (Å²) in [5.41, 5.74) is 1.48. The van der Waals surface area contributed by atoms with Crippen LogP contribution in [0.25, 0.3) is 0 Å². The van der Waals surface area contributed by atoms with Gasteiger partial charge >= 0.3 is 0 Å². The van der Waals surface area contributed by atoms with Crippen LogP contribution in [0.15, 0.2) is 0 Å². The van der Waals surface area contributed by atoms with Crippen LogP contribution in [0.1, 0.15) is 62.3 Å². The summed E-state index contributed by atoms with van der Waals surface area (Å²) >= 11 is 0. The minimum absolute atomic E-state index is 0.127. The third kappa shape index (κ3) is 8.68. The Morgan fingerprint density at radius 3 is 1.90 bits per heavy atom. The van der Waals surface area contributed by atoms with Crippen molar-refractivity contribution in [3.63, 3.8) is 0 Å². The van der Waals surface area contributed by atoms with Gasteiger partial charge in [0.15, 0.2) is 8.32 Å². The van der Waals surface area contributed by atoms with Crippen molar-refractivity contribution in [1.29, 1.82) is 0 Å². The maximum atomic E-state index is 10.8. The molecule has 172 valence electrons. The molecule has 0 bridgehead atoms. The van der Waals surface area contributed by atoms with E-state index < -0.39 is 14.4 Å². The number of hydrogen-bond donors (Lipinski definition) is 1. The molecule has 0 saturated heterocycles. The Hall–Kier alpha value is -0.423. The summed E-state index contributed by atoms with van der Waals surface area (Å²) < 4.78 is 23.3. The van der Waals surface area contributed by atoms with E-state index in [1.165, 1.54) is 0 Å². The molecule has 0 spiro atoms. The van der Waals surface area contributed by atoms with Crippen LogP contribution in [0.5, 0.6) is 0 Å². The number of rotatable bonds is 15. The lowest BCUT2D eigenvalue weighted by atomic mass is 9.90. The number of aliphatic hydroxyl groups is 1. The van der Waals surface area contributed by atoms with Gasteiger partial charge in [-0.25, -0.2) is 0 Å². The zero-order chi connectivity index (χ0) is 22.6. The molecule has 0 aliphatic carbocycles. The Balaban J connectivity index is 5.37. The smallest absolute Gasteiger partial charge is 0.200 e. The van der Waals surface area contributed by atoms with Crippen LogP contribution in [0.4, 0.5) is 0 Å². The van der Waals surface area contributed by atoms with Crippen molar-refractivity contribution in [3.05, 3.63) is 0 Å². The zero-order valence-corrected chi connectivity index (χ0v) is 21.5. The highest BCUT2D eigenvalue weighted by Gasteiger charge is 2.46. The molecule has 5 nitrogen and oxygen atoms in total. The first-order valence-corrected chi connectivity index (χ1v) is 13.1. The van der Waals surface area contributed by atoms with Crippen LogP contribution >= 0.6 is 0 Å². The fourth-order valence-corrected chi connectivity index (χ4v) is 9.86. The van der Waals surface area contributed by atoms with Gasteiger partial charge in [0.2, 0.25) is 0 Å². The van der Waals surface area contributed by atoms with Crippen molar-refractivity contribution in [1.82, 2.24) is 0 Å². The van der Waals surface area contributed by atoms with Crippen molar-refractivity contribution < 1.29 is 23.7 Å². The first kappa shape index (κ1) is 28.6. The van der Waals surface area contributed by atoms with E-state index in [2.05, 4.69) is 53.4 Å². The minimum Gasteiger partial charge on any atom is -0.413 e. The lowest BCUT2D eigenvalue weighted by Crippen LogP contribution is -2.50. The topological polar surface area (TPSA) is 57.2 Å². The Morgan fingerprint density at radius 2 is 1.45 bits per heavy atom. The molecule has 0 heterocycles. The molecule has 0 aliphatic heterocycles. The van der Waals surface area contributed by atoms with Crippen LogP contribution in [0.3, 0.4) is 0 Å². The van der Waals surface area contributed by atoms with Gasteiger partial charge in [0, 0.05) is 18.9 Å². The van der Waals surface area contributed by atoms with Crippen LogP contribution < -0.4 is 0 Å². The van der Waals surface area contributed by atoms with Gasteiger partial charge in [-0.1, -0.05) is 54.4 Å². The third-order valence-electron chi connectivity index (χ3n) is 6.01. The van der Waals surface area contributed by atoms with Gasteiger partial charge in [-0.3, -0.25) is 0 Å². The Bertz CT molecular complexity index is 462. The molecule has 0 aromatic rings. The van der Waals surface area contributed by atoms with E-state index in [4.69, 9.17) is 18.6 Å². The molecule has 0 amide bonds. The van der Waals surface area contributed by atoms with Gasteiger partial charge in [-0.05, 0) is 30.5 Å². The first-order valence-electron chi connectivity index (χ1n) is 11.0. The van der Waals surface area contributed by atoms with Crippen molar-refractivity contribution in [3.8, 4) is 11.8 Å². The molecule has 4 atom stereocenters. The quantitative estimate of drug-likeness (QED) is 0.174. The zero-order valence-electron chi connectivity index (χ0n) is 20.5. The van der Waals surface area contributed by atoms with Crippen molar-refractivity contribution >= 4 is 8.32 Å². The number of methoxy groups -OCH3 is 1. The summed E-state index contributed by atoms with van der Waals surface area (Å²) in [6.45, 7) is 21.0. The van der Waals surface area contributed by atoms with Crippen LogP contribution in [0.2, 0.25) is 16.6 Å². The second-order valence-electron chi connectivity index (χ2n) is 8.89. The number of aliphatic hydroxyl groups excluding tert-OH is 1. The molecule has 6 heteroatoms. The molecular weight excluding hydrogens is 384 g/mol. The maximum absolute atomic E-state index is 10.8. The molecule has 0 aliphatic rings. The average molecular weight is 431 g/mol. The average Bonchev–Trinajstić information content (AvgIpc) is 2.64. The first-order chi connectivity index (χ1) is 13.6. The van der Waals surface area contributed by atoms with Gasteiger partial charge in [0.1, 0.15) is 6.79 Å². The highest BCUT2D eigenvalue weighted by molar-refractivity contribution is 6.77. The predicted molar refractivity (Wildman–Crippen MR) is 122 cm³/mol. The molecule has 0 radical (unpaired) electrons. The van der Waals surface area contributed by atoms with Gasteiger partial charge in [-0.2, -0.15) is 0 Å². The van der Waals surface area contributed by atoms with Crippen LogP contribution in [-0.2, 0) is 18.6 Å². The highest BCUT2D eigenvalue weighted by Crippen LogP contribution is 2.42. The number of ether oxygens (including phenoxy) is 3. The third-order valence-corrected chi connectivity index (χ3v) is 12.1. The second-order valence-corrected chi connectivity index (χ2v) is 14.3. The maximum Gasteiger partial charge on any atom is 0.200 e. The SMILES string of the molecule is CC#C[C@H](C)[C@@H](O)[C@H](C)[C@H](CO[Si](C(C)C)(C(C)C)C(C)C)OCOCCOC. The summed E-state index contributed by atoms with van der Waals surface area (Å²) in [5.74, 6) is 5.70. The van der Waals surface area contributed by atoms with E-state index in [1.54, 1.807) is 14.0 Å². The molecule has 0 rings (SSSR count). The molecule has 0 unspecified atom stereocenters. The summed E-state index contributed by atoms with van der Waals surface area (Å²) in [4.78, 5) is 0. The van der Waals surface area contributed by atoms with E-state index in [0.717, 1.165) is 0 Å². The Kier molecular flexibility index (Phi) is 14.3. The van der Waals surface area contributed by atoms with Crippen molar-refractivity contribution in [2.45, 2.75) is 91.1 Å². The van der Waals surface area contributed by atoms with Crippen molar-refractivity contribution in [2.75, 3.05) is 33.7 Å². The molecule has 0 saturated carbocycles. The fraction of sp³-hybridized carbons (Fsp3) is 0.913. The van der Waals surface area contributed by atoms with Gasteiger partial charge < -0.3 is 23.7 Å². The largest absolute Gasteiger partial charge is 0.413 e. The number of hydrogen-bond acceptors (Lipinski definition) is 5. The normalized spacial score (nSPS) is 16.6. The monoisotopic (exact) mass is 430 g/mol. The summed E-state index contributed by atoms with van der Waals surface area (Å²) in [6, 6.07) is 0. The standard InChI is InChI=1S/C23H46O5Si/c1-11-12-20(8)23(24)21(9)22(27-16-26-14-13-25-10)15-28-29(17(2)3,18(4)5)19(6)7/h17-24H,13-16H2,1-10H3/t20-,21+,22-,23+/m0/s1. The Labute approximate surface area is 181 Å². The fourth-order valence-electron chi connectivity index (χ4n) is 4.40. The molecule has 0 fully saturated rings. The van der Waals surface area contributed by atoms with Gasteiger partial charge in [-0.15, -0.1) is 5.92 Å². The lowest BCUT2D eigenvalue weighted by Gasteiger charge is -2.43. The molecule has 29 heavy (non-hydrogen) atoms. The molecule has 1 N–H and O–H groups in total. The van der Waals surface area contributed by atoms with Crippen LogP contribution in [-0.4, -0.2) is 59.4 Å². The second kappa shape index (κ2) is 14.6. The molecular formula is C23H46O5Si. The Morgan fingerprint density at radius 1 is 0.897 bits per heavy atom. The van der Waals surface area contributed by atoms with E-state index in [0.29, 0.717) is 36.4 Å². The van der Waals surface area contributed by atoms with E-state index in [9.17, 15) is 5.11 Å². The summed E-state index contributed by atoms with van der Waals surface area (Å²) in [5, 5.41) is 10.8.